The number of aryl methyl sites for hydroxylation is 1. The van der Waals surface area contributed by atoms with Crippen molar-refractivity contribution in [2.45, 2.75) is 26.7 Å². The number of carbonyl (C=O) groups excluding carboxylic acids is 1. The minimum absolute atomic E-state index is 0.0677. The SMILES string of the molecule is Cc1[nH]c(=O)c(C#N)c(C)c1CCC(=O)Nc1cc(Cl)c(N)c(Cl)c1. The molecule has 6 nitrogen and oxygen atoms in total. The van der Waals surface area contributed by atoms with E-state index in [2.05, 4.69) is 10.3 Å². The molecule has 0 saturated heterocycles. The third kappa shape index (κ3) is 4.13. The number of amides is 1. The minimum atomic E-state index is -0.420. The number of nitrogens with two attached hydrogens (primary N) is 1. The quantitative estimate of drug-likeness (QED) is 0.708. The highest BCUT2D eigenvalue weighted by molar-refractivity contribution is 6.39. The fourth-order valence-corrected chi connectivity index (χ4v) is 3.03. The number of hydrogen-bond acceptors (Lipinski definition) is 4. The first-order valence-corrected chi connectivity index (χ1v) is 8.17. The summed E-state index contributed by atoms with van der Waals surface area (Å²) in [4.78, 5) is 26.5. The van der Waals surface area contributed by atoms with Crippen LogP contribution in [0.5, 0.6) is 0 Å². The number of nitriles is 1. The molecule has 1 heterocycles. The van der Waals surface area contributed by atoms with Crippen molar-refractivity contribution >= 4 is 40.5 Å². The highest BCUT2D eigenvalue weighted by atomic mass is 35.5. The number of carbonyl (C=O) groups is 1. The Morgan fingerprint density at radius 1 is 1.32 bits per heavy atom. The molecule has 0 radical (unpaired) electrons. The van der Waals surface area contributed by atoms with E-state index in [-0.39, 0.29) is 33.6 Å². The van der Waals surface area contributed by atoms with Crippen molar-refractivity contribution in [3.05, 3.63) is 54.9 Å². The van der Waals surface area contributed by atoms with Crippen LogP contribution in [0.25, 0.3) is 0 Å². The van der Waals surface area contributed by atoms with Crippen molar-refractivity contribution in [2.24, 2.45) is 0 Å². The fourth-order valence-electron chi connectivity index (χ4n) is 2.54. The fraction of sp³-hybridized carbons (Fsp3) is 0.235. The highest BCUT2D eigenvalue weighted by Crippen LogP contribution is 2.31. The van der Waals surface area contributed by atoms with Gasteiger partial charge in [-0.1, -0.05) is 23.2 Å². The standard InChI is InChI=1S/C17H16Cl2N4O2/c1-8-11(9(2)22-17(25)12(8)7-20)3-4-15(24)23-10-5-13(18)16(21)14(19)6-10/h5-6H,3-4,21H2,1-2H3,(H,22,25)(H,23,24). The van der Waals surface area contributed by atoms with E-state index in [1.165, 1.54) is 12.1 Å². The third-order valence-electron chi connectivity index (χ3n) is 3.89. The molecule has 2 aromatic rings. The summed E-state index contributed by atoms with van der Waals surface area (Å²) in [6.45, 7) is 3.44. The van der Waals surface area contributed by atoms with Crippen molar-refractivity contribution in [2.75, 3.05) is 11.1 Å². The van der Waals surface area contributed by atoms with Crippen molar-refractivity contribution in [1.29, 1.82) is 5.26 Å². The smallest absolute Gasteiger partial charge is 0.266 e. The zero-order valence-corrected chi connectivity index (χ0v) is 15.2. The number of aromatic nitrogens is 1. The van der Waals surface area contributed by atoms with Crippen LogP contribution < -0.4 is 16.6 Å². The summed E-state index contributed by atoms with van der Waals surface area (Å²) in [5.41, 5.74) is 8.02. The number of anilines is 2. The van der Waals surface area contributed by atoms with Crippen LogP contribution in [-0.4, -0.2) is 10.9 Å². The maximum absolute atomic E-state index is 12.2. The molecule has 0 atom stereocenters. The van der Waals surface area contributed by atoms with E-state index < -0.39 is 5.56 Å². The Hall–Kier alpha value is -2.49. The van der Waals surface area contributed by atoms with Crippen LogP contribution in [0.2, 0.25) is 10.0 Å². The van der Waals surface area contributed by atoms with Crippen LogP contribution in [0.1, 0.15) is 28.8 Å². The van der Waals surface area contributed by atoms with Crippen molar-refractivity contribution in [3.8, 4) is 6.07 Å². The molecule has 0 aliphatic carbocycles. The normalized spacial score (nSPS) is 10.4. The number of halogens is 2. The molecule has 2 rings (SSSR count). The molecule has 130 valence electrons. The first-order valence-electron chi connectivity index (χ1n) is 7.41. The van der Waals surface area contributed by atoms with Gasteiger partial charge in [-0.2, -0.15) is 5.26 Å². The average Bonchev–Trinajstić information content (AvgIpc) is 2.52. The van der Waals surface area contributed by atoms with Gasteiger partial charge in [-0.15, -0.1) is 0 Å². The molecule has 0 aliphatic heterocycles. The van der Waals surface area contributed by atoms with Crippen molar-refractivity contribution in [3.63, 3.8) is 0 Å². The number of H-pyrrole nitrogens is 1. The van der Waals surface area contributed by atoms with Gasteiger partial charge in [-0.05, 0) is 43.5 Å². The maximum atomic E-state index is 12.2. The summed E-state index contributed by atoms with van der Waals surface area (Å²) in [7, 11) is 0. The van der Waals surface area contributed by atoms with Crippen LogP contribution in [0, 0.1) is 25.2 Å². The minimum Gasteiger partial charge on any atom is -0.396 e. The molecule has 0 unspecified atom stereocenters. The summed E-state index contributed by atoms with van der Waals surface area (Å²) in [6.07, 6.45) is 0.545. The molecule has 25 heavy (non-hydrogen) atoms. The Morgan fingerprint density at radius 3 is 2.48 bits per heavy atom. The zero-order valence-electron chi connectivity index (χ0n) is 13.7. The molecule has 8 heteroatoms. The molecule has 4 N–H and O–H groups in total. The Balaban J connectivity index is 2.14. The number of hydrogen-bond donors (Lipinski definition) is 3. The number of nitrogens with one attached hydrogen (secondary N) is 2. The van der Waals surface area contributed by atoms with E-state index in [9.17, 15) is 9.59 Å². The Labute approximate surface area is 154 Å². The maximum Gasteiger partial charge on any atom is 0.266 e. The Kier molecular flexibility index (Phi) is 5.73. The molecule has 1 amide bonds. The molecule has 0 spiro atoms. The van der Waals surface area contributed by atoms with Crippen LogP contribution >= 0.6 is 23.2 Å². The van der Waals surface area contributed by atoms with E-state index >= 15 is 0 Å². The molecular weight excluding hydrogens is 363 g/mol. The third-order valence-corrected chi connectivity index (χ3v) is 4.51. The summed E-state index contributed by atoms with van der Waals surface area (Å²) in [5.74, 6) is -0.250. The van der Waals surface area contributed by atoms with E-state index in [1.54, 1.807) is 13.8 Å². The van der Waals surface area contributed by atoms with Gasteiger partial charge in [0, 0.05) is 17.8 Å². The molecule has 1 aromatic carbocycles. The molecular formula is C17H16Cl2N4O2. The van der Waals surface area contributed by atoms with Gasteiger partial charge in [-0.25, -0.2) is 0 Å². The summed E-state index contributed by atoms with van der Waals surface area (Å²) in [5, 5.41) is 12.3. The number of benzene rings is 1. The number of nitrogens with zero attached hydrogens (tertiary/aromatic N) is 1. The van der Waals surface area contributed by atoms with E-state index in [4.69, 9.17) is 34.2 Å². The lowest BCUT2D eigenvalue weighted by atomic mass is 9.99. The van der Waals surface area contributed by atoms with Gasteiger partial charge in [0.2, 0.25) is 5.91 Å². The molecule has 0 fully saturated rings. The van der Waals surface area contributed by atoms with E-state index in [0.29, 0.717) is 23.4 Å². The van der Waals surface area contributed by atoms with Gasteiger partial charge >= 0.3 is 0 Å². The molecule has 1 aromatic heterocycles. The summed E-state index contributed by atoms with van der Waals surface area (Å²) >= 11 is 11.9. The second-order valence-electron chi connectivity index (χ2n) is 5.57. The average molecular weight is 379 g/mol. The van der Waals surface area contributed by atoms with Crippen LogP contribution in [0.15, 0.2) is 16.9 Å². The second kappa shape index (κ2) is 7.60. The largest absolute Gasteiger partial charge is 0.396 e. The first-order chi connectivity index (χ1) is 11.7. The molecule has 0 aliphatic rings. The van der Waals surface area contributed by atoms with E-state index in [1.807, 2.05) is 6.07 Å². The van der Waals surface area contributed by atoms with Gasteiger partial charge in [0.25, 0.3) is 5.56 Å². The van der Waals surface area contributed by atoms with Gasteiger partial charge in [0.15, 0.2) is 0 Å². The van der Waals surface area contributed by atoms with Crippen LogP contribution in [-0.2, 0) is 11.2 Å². The number of aromatic amines is 1. The predicted molar refractivity (Wildman–Crippen MR) is 99.1 cm³/mol. The molecule has 0 bridgehead atoms. The lowest BCUT2D eigenvalue weighted by Gasteiger charge is -2.12. The van der Waals surface area contributed by atoms with Gasteiger partial charge in [0.1, 0.15) is 11.6 Å². The second-order valence-corrected chi connectivity index (χ2v) is 6.39. The number of nitrogen functional groups attached to an aromatic ring is 1. The summed E-state index contributed by atoms with van der Waals surface area (Å²) < 4.78 is 0. The lowest BCUT2D eigenvalue weighted by molar-refractivity contribution is -0.116. The van der Waals surface area contributed by atoms with E-state index in [0.717, 1.165) is 5.56 Å². The van der Waals surface area contributed by atoms with Crippen LogP contribution in [0.4, 0.5) is 11.4 Å². The first kappa shape index (κ1) is 18.8. The van der Waals surface area contributed by atoms with Gasteiger partial charge in [-0.3, -0.25) is 9.59 Å². The molecule has 0 saturated carbocycles. The number of pyridine rings is 1. The highest BCUT2D eigenvalue weighted by Gasteiger charge is 2.14. The van der Waals surface area contributed by atoms with Gasteiger partial charge in [0.05, 0.1) is 15.7 Å². The predicted octanol–water partition coefficient (Wildman–Crippen LogP) is 3.32. The lowest BCUT2D eigenvalue weighted by Crippen LogP contribution is -2.18. The summed E-state index contributed by atoms with van der Waals surface area (Å²) in [6, 6.07) is 4.93. The topological polar surface area (TPSA) is 112 Å². The zero-order chi connectivity index (χ0) is 18.7. The van der Waals surface area contributed by atoms with Crippen molar-refractivity contribution in [1.82, 2.24) is 4.98 Å². The Bertz CT molecular complexity index is 922. The monoisotopic (exact) mass is 378 g/mol. The number of rotatable bonds is 4. The Morgan fingerprint density at radius 2 is 1.92 bits per heavy atom. The van der Waals surface area contributed by atoms with Crippen LogP contribution in [0.3, 0.4) is 0 Å². The van der Waals surface area contributed by atoms with Crippen molar-refractivity contribution < 1.29 is 4.79 Å². The van der Waals surface area contributed by atoms with Gasteiger partial charge < -0.3 is 16.0 Å².